The second-order valence-corrected chi connectivity index (χ2v) is 8.38. The van der Waals surface area contributed by atoms with Gasteiger partial charge in [-0.1, -0.05) is 6.07 Å². The van der Waals surface area contributed by atoms with E-state index in [0.717, 1.165) is 0 Å². The Morgan fingerprint density at radius 1 is 1.06 bits per heavy atom. The van der Waals surface area contributed by atoms with Crippen molar-refractivity contribution in [1.82, 2.24) is 18.9 Å². The van der Waals surface area contributed by atoms with Gasteiger partial charge in [-0.2, -0.15) is 0 Å². The molecule has 0 aliphatic rings. The van der Waals surface area contributed by atoms with E-state index in [1.165, 1.54) is 23.5 Å². The molecular weight excluding hydrogens is 455 g/mol. The summed E-state index contributed by atoms with van der Waals surface area (Å²) >= 11 is 1.43. The first kappa shape index (κ1) is 21.5. The molecule has 34 heavy (non-hydrogen) atoms. The van der Waals surface area contributed by atoms with Gasteiger partial charge in [0.15, 0.2) is 4.96 Å². The van der Waals surface area contributed by atoms with E-state index in [1.807, 2.05) is 16.1 Å². The largest absolute Gasteiger partial charge is 0.337 e. The van der Waals surface area contributed by atoms with Crippen molar-refractivity contribution in [2.75, 3.05) is 10.6 Å². The summed E-state index contributed by atoms with van der Waals surface area (Å²) in [5.41, 5.74) is 2.13. The van der Waals surface area contributed by atoms with Gasteiger partial charge in [0.05, 0.1) is 6.33 Å². The fourth-order valence-electron chi connectivity index (χ4n) is 3.51. The first-order valence-electron chi connectivity index (χ1n) is 10.5. The van der Waals surface area contributed by atoms with Gasteiger partial charge in [0.1, 0.15) is 17.3 Å². The SMILES string of the molecule is O=C(CCn1ccnc1)Nc1cccc(C(=O)Nc2c(-c3ccc(F)cc3)nc3sccn23)c1. The van der Waals surface area contributed by atoms with E-state index in [0.29, 0.717) is 39.8 Å². The van der Waals surface area contributed by atoms with Crippen LogP contribution in [0.25, 0.3) is 16.2 Å². The van der Waals surface area contributed by atoms with Crippen molar-refractivity contribution in [1.29, 1.82) is 0 Å². The second kappa shape index (κ2) is 9.28. The maximum absolute atomic E-state index is 13.4. The maximum Gasteiger partial charge on any atom is 0.256 e. The molecule has 5 rings (SSSR count). The Morgan fingerprint density at radius 2 is 1.91 bits per heavy atom. The molecule has 0 atom stereocenters. The number of imidazole rings is 2. The van der Waals surface area contributed by atoms with Gasteiger partial charge in [0.25, 0.3) is 5.91 Å². The predicted molar refractivity (Wildman–Crippen MR) is 128 cm³/mol. The van der Waals surface area contributed by atoms with Crippen molar-refractivity contribution in [2.24, 2.45) is 0 Å². The summed E-state index contributed by atoms with van der Waals surface area (Å²) in [7, 11) is 0. The average molecular weight is 475 g/mol. The molecule has 0 aliphatic heterocycles. The van der Waals surface area contributed by atoms with E-state index >= 15 is 0 Å². The topological polar surface area (TPSA) is 93.3 Å². The average Bonchev–Trinajstić information content (AvgIpc) is 3.58. The molecule has 2 N–H and O–H groups in total. The summed E-state index contributed by atoms with van der Waals surface area (Å²) in [4.78, 5) is 34.7. The number of nitrogens with zero attached hydrogens (tertiary/aromatic N) is 4. The molecule has 0 radical (unpaired) electrons. The van der Waals surface area contributed by atoms with Gasteiger partial charge in [-0.25, -0.2) is 14.4 Å². The number of halogens is 1. The van der Waals surface area contributed by atoms with Crippen LogP contribution in [0.4, 0.5) is 15.9 Å². The number of hydrogen-bond acceptors (Lipinski definition) is 5. The molecule has 0 bridgehead atoms. The standard InChI is InChI=1S/C24H19FN6O2S/c25-18-6-4-16(5-7-18)21-22(31-12-13-34-24(31)28-21)29-23(33)17-2-1-3-19(14-17)27-20(32)8-10-30-11-9-26-15-30/h1-7,9,11-15H,8,10H2,(H,27,32)(H,29,33). The molecule has 10 heteroatoms. The Balaban J connectivity index is 1.34. The van der Waals surface area contributed by atoms with Gasteiger partial charge in [0, 0.05) is 53.8 Å². The van der Waals surface area contributed by atoms with Crippen LogP contribution < -0.4 is 10.6 Å². The van der Waals surface area contributed by atoms with Crippen LogP contribution in [0.5, 0.6) is 0 Å². The number of fused-ring (bicyclic) bond motifs is 1. The quantitative estimate of drug-likeness (QED) is 0.358. The molecule has 8 nitrogen and oxygen atoms in total. The minimum Gasteiger partial charge on any atom is -0.337 e. The van der Waals surface area contributed by atoms with Crippen LogP contribution in [0.2, 0.25) is 0 Å². The molecule has 0 unspecified atom stereocenters. The fraction of sp³-hybridized carbons (Fsp3) is 0.0833. The third kappa shape index (κ3) is 4.57. The molecular formula is C24H19FN6O2S. The monoisotopic (exact) mass is 474 g/mol. The van der Waals surface area contributed by atoms with Crippen LogP contribution in [-0.2, 0) is 11.3 Å². The third-order valence-electron chi connectivity index (χ3n) is 5.18. The van der Waals surface area contributed by atoms with Gasteiger partial charge >= 0.3 is 0 Å². The molecule has 0 saturated heterocycles. The Bertz CT molecular complexity index is 1460. The van der Waals surface area contributed by atoms with E-state index in [4.69, 9.17) is 0 Å². The molecule has 2 aromatic carbocycles. The Labute approximate surface area is 197 Å². The smallest absolute Gasteiger partial charge is 0.256 e. The van der Waals surface area contributed by atoms with Crippen molar-refractivity contribution in [3.8, 4) is 11.3 Å². The first-order valence-corrected chi connectivity index (χ1v) is 11.3. The third-order valence-corrected chi connectivity index (χ3v) is 5.93. The number of carbonyl (C=O) groups excluding carboxylic acids is 2. The number of nitrogens with one attached hydrogen (secondary N) is 2. The molecule has 3 aromatic heterocycles. The minimum absolute atomic E-state index is 0.166. The summed E-state index contributed by atoms with van der Waals surface area (Å²) in [6, 6.07) is 12.7. The van der Waals surface area contributed by atoms with Gasteiger partial charge in [-0.15, -0.1) is 11.3 Å². The van der Waals surface area contributed by atoms with E-state index in [2.05, 4.69) is 20.6 Å². The Hall–Kier alpha value is -4.31. The van der Waals surface area contributed by atoms with Crippen molar-refractivity contribution in [3.63, 3.8) is 0 Å². The van der Waals surface area contributed by atoms with Crippen LogP contribution in [0.15, 0.2) is 78.8 Å². The number of anilines is 2. The van der Waals surface area contributed by atoms with Crippen LogP contribution >= 0.6 is 11.3 Å². The van der Waals surface area contributed by atoms with Crippen LogP contribution in [-0.4, -0.2) is 30.8 Å². The number of hydrogen-bond donors (Lipinski definition) is 2. The summed E-state index contributed by atoms with van der Waals surface area (Å²) in [6.07, 6.45) is 7.19. The van der Waals surface area contributed by atoms with Gasteiger partial charge < -0.3 is 15.2 Å². The van der Waals surface area contributed by atoms with Crippen molar-refractivity contribution < 1.29 is 14.0 Å². The van der Waals surface area contributed by atoms with Crippen molar-refractivity contribution >= 4 is 39.6 Å². The summed E-state index contributed by atoms with van der Waals surface area (Å²) in [5, 5.41) is 7.61. The van der Waals surface area contributed by atoms with Crippen molar-refractivity contribution in [2.45, 2.75) is 13.0 Å². The molecule has 3 heterocycles. The summed E-state index contributed by atoms with van der Waals surface area (Å²) in [5.74, 6) is -0.381. The van der Waals surface area contributed by atoms with Crippen LogP contribution in [0.1, 0.15) is 16.8 Å². The number of amides is 2. The highest BCUT2D eigenvalue weighted by Gasteiger charge is 2.18. The van der Waals surface area contributed by atoms with Gasteiger partial charge in [0.2, 0.25) is 5.91 Å². The molecule has 170 valence electrons. The zero-order valence-electron chi connectivity index (χ0n) is 17.8. The summed E-state index contributed by atoms with van der Waals surface area (Å²) < 4.78 is 17.0. The molecule has 2 amide bonds. The first-order chi connectivity index (χ1) is 16.6. The van der Waals surface area contributed by atoms with E-state index in [-0.39, 0.29) is 24.1 Å². The fourth-order valence-corrected chi connectivity index (χ4v) is 4.22. The zero-order chi connectivity index (χ0) is 23.5. The predicted octanol–water partition coefficient (Wildman–Crippen LogP) is 4.68. The maximum atomic E-state index is 13.4. The minimum atomic E-state index is -0.356. The van der Waals surface area contributed by atoms with Crippen molar-refractivity contribution in [3.05, 3.63) is 90.2 Å². The Kier molecular flexibility index (Phi) is 5.88. The molecule has 0 spiro atoms. The van der Waals surface area contributed by atoms with E-state index in [1.54, 1.807) is 59.5 Å². The Morgan fingerprint density at radius 3 is 2.71 bits per heavy atom. The van der Waals surface area contributed by atoms with Gasteiger partial charge in [-0.05, 0) is 42.5 Å². The lowest BCUT2D eigenvalue weighted by atomic mass is 10.1. The molecule has 0 saturated carbocycles. The number of benzene rings is 2. The lowest BCUT2D eigenvalue weighted by Crippen LogP contribution is -2.16. The normalized spacial score (nSPS) is 11.0. The molecule has 0 fully saturated rings. The number of aromatic nitrogens is 4. The number of rotatable bonds is 7. The number of aryl methyl sites for hydroxylation is 1. The highest BCUT2D eigenvalue weighted by atomic mass is 32.1. The number of thiazole rings is 1. The zero-order valence-corrected chi connectivity index (χ0v) is 18.6. The van der Waals surface area contributed by atoms with E-state index < -0.39 is 0 Å². The van der Waals surface area contributed by atoms with Crippen LogP contribution in [0, 0.1) is 5.82 Å². The second-order valence-electron chi connectivity index (χ2n) is 7.51. The highest BCUT2D eigenvalue weighted by Crippen LogP contribution is 2.31. The lowest BCUT2D eigenvalue weighted by molar-refractivity contribution is -0.116. The summed E-state index contributed by atoms with van der Waals surface area (Å²) in [6.45, 7) is 0.510. The molecule has 0 aliphatic carbocycles. The molecule has 5 aromatic rings. The van der Waals surface area contributed by atoms with Gasteiger partial charge in [-0.3, -0.25) is 14.0 Å². The highest BCUT2D eigenvalue weighted by molar-refractivity contribution is 7.15. The van der Waals surface area contributed by atoms with E-state index in [9.17, 15) is 14.0 Å². The van der Waals surface area contributed by atoms with Crippen LogP contribution in [0.3, 0.4) is 0 Å². The number of carbonyl (C=O) groups is 2. The lowest BCUT2D eigenvalue weighted by Gasteiger charge is -2.10.